The molecule has 0 unspecified atom stereocenters. The number of amides is 3. The monoisotopic (exact) mass is 381 g/mol. The van der Waals surface area contributed by atoms with Crippen molar-refractivity contribution in [1.29, 1.82) is 0 Å². The van der Waals surface area contributed by atoms with Gasteiger partial charge in [0.2, 0.25) is 5.91 Å². The van der Waals surface area contributed by atoms with Gasteiger partial charge in [0.25, 0.3) is 11.8 Å². The van der Waals surface area contributed by atoms with E-state index in [1.54, 1.807) is 41.3 Å². The van der Waals surface area contributed by atoms with Crippen molar-refractivity contribution in [2.45, 2.75) is 18.9 Å². The number of hydrogen-bond acceptors (Lipinski definition) is 4. The number of aromatic hydroxyl groups is 1. The van der Waals surface area contributed by atoms with E-state index in [2.05, 4.69) is 10.6 Å². The van der Waals surface area contributed by atoms with Gasteiger partial charge in [-0.1, -0.05) is 24.3 Å². The maximum Gasteiger partial charge on any atom is 0.251 e. The first-order valence-electron chi connectivity index (χ1n) is 9.24. The molecule has 28 heavy (non-hydrogen) atoms. The van der Waals surface area contributed by atoms with Crippen LogP contribution in [-0.2, 0) is 4.79 Å². The van der Waals surface area contributed by atoms with Crippen LogP contribution < -0.4 is 10.6 Å². The molecule has 1 aliphatic heterocycles. The molecule has 0 radical (unpaired) electrons. The molecule has 7 nitrogen and oxygen atoms in total. The van der Waals surface area contributed by atoms with E-state index < -0.39 is 0 Å². The van der Waals surface area contributed by atoms with Crippen molar-refractivity contribution in [3.05, 3.63) is 65.7 Å². The molecule has 7 heteroatoms. The number of phenolic OH excluding ortho intramolecular Hbond substituents is 1. The SMILES string of the molecule is O=C(NCC(=O)N1CCC(NC(=O)c2cccc(O)c2)CC1)c1ccccc1. The first-order chi connectivity index (χ1) is 13.5. The molecule has 3 amide bonds. The lowest BCUT2D eigenvalue weighted by Gasteiger charge is -2.32. The van der Waals surface area contributed by atoms with Crippen LogP contribution in [0.4, 0.5) is 0 Å². The van der Waals surface area contributed by atoms with Crippen LogP contribution in [0.1, 0.15) is 33.6 Å². The van der Waals surface area contributed by atoms with Gasteiger partial charge in [-0.2, -0.15) is 0 Å². The Balaban J connectivity index is 1.42. The average molecular weight is 381 g/mol. The van der Waals surface area contributed by atoms with Crippen LogP contribution in [0.2, 0.25) is 0 Å². The Kier molecular flexibility index (Phi) is 6.26. The van der Waals surface area contributed by atoms with E-state index >= 15 is 0 Å². The standard InChI is InChI=1S/C21H23N3O4/c25-18-8-4-7-16(13-18)21(28)23-17-9-11-24(12-10-17)19(26)14-22-20(27)15-5-2-1-3-6-15/h1-8,13,17,25H,9-12,14H2,(H,22,27)(H,23,28). The van der Waals surface area contributed by atoms with Crippen LogP contribution in [0.25, 0.3) is 0 Å². The summed E-state index contributed by atoms with van der Waals surface area (Å²) >= 11 is 0. The number of carbonyl (C=O) groups excluding carboxylic acids is 3. The van der Waals surface area contributed by atoms with E-state index in [1.165, 1.54) is 12.1 Å². The van der Waals surface area contributed by atoms with E-state index in [9.17, 15) is 19.5 Å². The van der Waals surface area contributed by atoms with Crippen LogP contribution >= 0.6 is 0 Å². The molecule has 1 fully saturated rings. The third-order valence-corrected chi connectivity index (χ3v) is 4.73. The van der Waals surface area contributed by atoms with Gasteiger partial charge in [-0.05, 0) is 43.2 Å². The van der Waals surface area contributed by atoms with E-state index in [0.29, 0.717) is 37.1 Å². The zero-order chi connectivity index (χ0) is 19.9. The number of piperidine rings is 1. The van der Waals surface area contributed by atoms with Crippen LogP contribution in [0.5, 0.6) is 5.75 Å². The second-order valence-corrected chi connectivity index (χ2v) is 6.73. The minimum atomic E-state index is -0.276. The molecule has 1 heterocycles. The molecule has 2 aromatic carbocycles. The summed E-state index contributed by atoms with van der Waals surface area (Å²) in [4.78, 5) is 38.3. The fourth-order valence-electron chi connectivity index (χ4n) is 3.15. The molecular weight excluding hydrogens is 358 g/mol. The Morgan fingerprint density at radius 3 is 2.29 bits per heavy atom. The Morgan fingerprint density at radius 2 is 1.61 bits per heavy atom. The van der Waals surface area contributed by atoms with Crippen molar-refractivity contribution >= 4 is 17.7 Å². The van der Waals surface area contributed by atoms with Crippen molar-refractivity contribution in [3.8, 4) is 5.75 Å². The van der Waals surface area contributed by atoms with Gasteiger partial charge in [0.05, 0.1) is 6.54 Å². The van der Waals surface area contributed by atoms with Crippen LogP contribution in [0.15, 0.2) is 54.6 Å². The molecule has 1 aliphatic rings. The third kappa shape index (κ3) is 5.09. The van der Waals surface area contributed by atoms with Crippen molar-refractivity contribution in [2.75, 3.05) is 19.6 Å². The highest BCUT2D eigenvalue weighted by molar-refractivity contribution is 5.96. The summed E-state index contributed by atoms with van der Waals surface area (Å²) in [6.45, 7) is 0.990. The summed E-state index contributed by atoms with van der Waals surface area (Å²) in [5.41, 5.74) is 0.922. The lowest BCUT2D eigenvalue weighted by molar-refractivity contribution is -0.131. The summed E-state index contributed by atoms with van der Waals surface area (Å²) in [7, 11) is 0. The number of phenols is 1. The molecule has 0 saturated carbocycles. The quantitative estimate of drug-likeness (QED) is 0.732. The summed E-state index contributed by atoms with van der Waals surface area (Å²) < 4.78 is 0. The highest BCUT2D eigenvalue weighted by Gasteiger charge is 2.24. The number of likely N-dealkylation sites (tertiary alicyclic amines) is 1. The predicted molar refractivity (Wildman–Crippen MR) is 104 cm³/mol. The number of nitrogens with one attached hydrogen (secondary N) is 2. The lowest BCUT2D eigenvalue weighted by Crippen LogP contribution is -2.49. The van der Waals surface area contributed by atoms with Crippen LogP contribution in [0.3, 0.4) is 0 Å². The number of carbonyl (C=O) groups is 3. The van der Waals surface area contributed by atoms with Crippen molar-refractivity contribution in [2.24, 2.45) is 0 Å². The van der Waals surface area contributed by atoms with Gasteiger partial charge in [-0.3, -0.25) is 14.4 Å². The smallest absolute Gasteiger partial charge is 0.251 e. The van der Waals surface area contributed by atoms with Crippen molar-refractivity contribution in [1.82, 2.24) is 15.5 Å². The maximum atomic E-state index is 12.3. The van der Waals surface area contributed by atoms with Gasteiger partial charge in [0.15, 0.2) is 0 Å². The van der Waals surface area contributed by atoms with E-state index in [4.69, 9.17) is 0 Å². The summed E-state index contributed by atoms with van der Waals surface area (Å²) in [6, 6.07) is 14.9. The van der Waals surface area contributed by atoms with Gasteiger partial charge < -0.3 is 20.6 Å². The van der Waals surface area contributed by atoms with Gasteiger partial charge >= 0.3 is 0 Å². The van der Waals surface area contributed by atoms with Gasteiger partial charge in [-0.25, -0.2) is 0 Å². The first-order valence-corrected chi connectivity index (χ1v) is 9.24. The number of hydrogen-bond donors (Lipinski definition) is 3. The normalized spacial score (nSPS) is 14.4. The topological polar surface area (TPSA) is 98.7 Å². The predicted octanol–water partition coefficient (Wildman–Crippen LogP) is 1.54. The molecule has 1 saturated heterocycles. The second-order valence-electron chi connectivity index (χ2n) is 6.73. The molecule has 0 spiro atoms. The molecule has 3 N–H and O–H groups in total. The summed E-state index contributed by atoms with van der Waals surface area (Å²) in [5, 5.41) is 15.1. The zero-order valence-corrected chi connectivity index (χ0v) is 15.4. The Morgan fingerprint density at radius 1 is 0.929 bits per heavy atom. The van der Waals surface area contributed by atoms with Gasteiger partial charge in [0, 0.05) is 30.3 Å². The van der Waals surface area contributed by atoms with Crippen molar-refractivity contribution in [3.63, 3.8) is 0 Å². The second kappa shape index (κ2) is 9.03. The molecule has 0 aromatic heterocycles. The first kappa shape index (κ1) is 19.4. The van der Waals surface area contributed by atoms with E-state index in [0.717, 1.165) is 0 Å². The fourth-order valence-corrected chi connectivity index (χ4v) is 3.15. The minimum absolute atomic E-state index is 0.0298. The third-order valence-electron chi connectivity index (χ3n) is 4.73. The van der Waals surface area contributed by atoms with E-state index in [-0.39, 0.29) is 36.1 Å². The maximum absolute atomic E-state index is 12.3. The average Bonchev–Trinajstić information content (AvgIpc) is 2.73. The summed E-state index contributed by atoms with van der Waals surface area (Å²) in [5.74, 6) is -0.606. The molecule has 0 atom stereocenters. The van der Waals surface area contributed by atoms with Gasteiger partial charge in [-0.15, -0.1) is 0 Å². The van der Waals surface area contributed by atoms with Crippen LogP contribution in [0, 0.1) is 0 Å². The number of nitrogens with zero attached hydrogens (tertiary/aromatic N) is 1. The Bertz CT molecular complexity index is 846. The number of benzene rings is 2. The molecular formula is C21H23N3O4. The molecule has 0 bridgehead atoms. The molecule has 3 rings (SSSR count). The highest BCUT2D eigenvalue weighted by atomic mass is 16.3. The fraction of sp³-hybridized carbons (Fsp3) is 0.286. The van der Waals surface area contributed by atoms with Crippen LogP contribution in [-0.4, -0.2) is 53.4 Å². The Hall–Kier alpha value is -3.35. The Labute approximate surface area is 163 Å². The lowest BCUT2D eigenvalue weighted by atomic mass is 10.0. The highest BCUT2D eigenvalue weighted by Crippen LogP contribution is 2.14. The summed E-state index contributed by atoms with van der Waals surface area (Å²) in [6.07, 6.45) is 1.28. The minimum Gasteiger partial charge on any atom is -0.508 e. The largest absolute Gasteiger partial charge is 0.508 e. The van der Waals surface area contributed by atoms with Gasteiger partial charge in [0.1, 0.15) is 5.75 Å². The van der Waals surface area contributed by atoms with E-state index in [1.807, 2.05) is 6.07 Å². The molecule has 146 valence electrons. The number of rotatable bonds is 5. The molecule has 0 aliphatic carbocycles. The zero-order valence-electron chi connectivity index (χ0n) is 15.4. The molecule has 2 aromatic rings. The van der Waals surface area contributed by atoms with Crippen molar-refractivity contribution < 1.29 is 19.5 Å².